The number of nitrogens with one attached hydrogen (secondary N) is 1. The Balaban J connectivity index is 1.84. The standard InChI is InChI=1S/C19H17NO5S/c1-23-12-5-7-16-11(8-12)9-17(26-16)19(22)20-18(21)14-10-13(24-2)4-6-15(14)25-3/h4-10H,1-3H3,(H,20,21,22). The zero-order chi connectivity index (χ0) is 18.7. The van der Waals surface area contributed by atoms with Crippen molar-refractivity contribution in [3.8, 4) is 17.2 Å². The molecule has 0 fully saturated rings. The minimum absolute atomic E-state index is 0.225. The number of imide groups is 1. The van der Waals surface area contributed by atoms with Crippen LogP contribution in [0, 0.1) is 0 Å². The lowest BCUT2D eigenvalue weighted by atomic mass is 10.1. The summed E-state index contributed by atoms with van der Waals surface area (Å²) >= 11 is 1.30. The van der Waals surface area contributed by atoms with Gasteiger partial charge in [-0.2, -0.15) is 0 Å². The van der Waals surface area contributed by atoms with Gasteiger partial charge in [-0.15, -0.1) is 11.3 Å². The second kappa shape index (κ2) is 7.45. The molecule has 3 rings (SSSR count). The van der Waals surface area contributed by atoms with Crippen LogP contribution in [0.25, 0.3) is 10.1 Å². The first-order chi connectivity index (χ1) is 12.5. The second-order valence-electron chi connectivity index (χ2n) is 5.36. The maximum Gasteiger partial charge on any atom is 0.268 e. The van der Waals surface area contributed by atoms with Crippen molar-refractivity contribution in [2.24, 2.45) is 0 Å². The molecule has 0 aliphatic heterocycles. The van der Waals surface area contributed by atoms with Crippen LogP contribution in [0.3, 0.4) is 0 Å². The topological polar surface area (TPSA) is 73.9 Å². The SMILES string of the molecule is COc1ccc(OC)c(C(=O)NC(=O)c2cc3cc(OC)ccc3s2)c1. The Morgan fingerprint density at radius 2 is 1.54 bits per heavy atom. The van der Waals surface area contributed by atoms with Crippen LogP contribution in [0.1, 0.15) is 20.0 Å². The fraction of sp³-hybridized carbons (Fsp3) is 0.158. The third kappa shape index (κ3) is 3.48. The van der Waals surface area contributed by atoms with Crippen molar-refractivity contribution in [2.75, 3.05) is 21.3 Å². The molecule has 1 aromatic heterocycles. The van der Waals surface area contributed by atoms with E-state index in [4.69, 9.17) is 14.2 Å². The van der Waals surface area contributed by atoms with E-state index in [1.54, 1.807) is 25.3 Å². The summed E-state index contributed by atoms with van der Waals surface area (Å²) in [4.78, 5) is 25.4. The normalized spacial score (nSPS) is 10.4. The van der Waals surface area contributed by atoms with Crippen molar-refractivity contribution in [1.82, 2.24) is 5.32 Å². The van der Waals surface area contributed by atoms with Gasteiger partial charge in [-0.3, -0.25) is 14.9 Å². The van der Waals surface area contributed by atoms with Gasteiger partial charge in [-0.25, -0.2) is 0 Å². The van der Waals surface area contributed by atoms with Crippen molar-refractivity contribution in [3.05, 3.63) is 52.9 Å². The molecule has 0 atom stereocenters. The van der Waals surface area contributed by atoms with Gasteiger partial charge in [0.1, 0.15) is 17.2 Å². The average Bonchev–Trinajstić information content (AvgIpc) is 3.10. The molecule has 7 heteroatoms. The summed E-state index contributed by atoms with van der Waals surface area (Å²) < 4.78 is 16.4. The molecule has 2 amide bonds. The monoisotopic (exact) mass is 371 g/mol. The molecule has 134 valence electrons. The molecule has 1 heterocycles. The molecular weight excluding hydrogens is 354 g/mol. The first-order valence-corrected chi connectivity index (χ1v) is 8.52. The molecule has 0 spiro atoms. The van der Waals surface area contributed by atoms with Crippen molar-refractivity contribution >= 4 is 33.2 Å². The molecule has 0 saturated carbocycles. The van der Waals surface area contributed by atoms with Gasteiger partial charge in [0.25, 0.3) is 11.8 Å². The van der Waals surface area contributed by atoms with E-state index in [1.165, 1.54) is 31.6 Å². The van der Waals surface area contributed by atoms with Gasteiger partial charge in [0.2, 0.25) is 0 Å². The Bertz CT molecular complexity index is 979. The molecule has 6 nitrogen and oxygen atoms in total. The van der Waals surface area contributed by atoms with Gasteiger partial charge >= 0.3 is 0 Å². The molecule has 0 aliphatic rings. The lowest BCUT2D eigenvalue weighted by Crippen LogP contribution is -2.30. The molecule has 2 aromatic carbocycles. The highest BCUT2D eigenvalue weighted by Gasteiger charge is 2.19. The molecule has 0 saturated heterocycles. The molecule has 0 bridgehead atoms. The third-order valence-corrected chi connectivity index (χ3v) is 4.94. The second-order valence-corrected chi connectivity index (χ2v) is 6.45. The summed E-state index contributed by atoms with van der Waals surface area (Å²) in [5.74, 6) is 0.537. The first kappa shape index (κ1) is 17.8. The van der Waals surface area contributed by atoms with E-state index in [-0.39, 0.29) is 5.56 Å². The number of benzene rings is 2. The maximum absolute atomic E-state index is 12.5. The van der Waals surface area contributed by atoms with Crippen molar-refractivity contribution in [1.29, 1.82) is 0 Å². The van der Waals surface area contributed by atoms with E-state index in [2.05, 4.69) is 5.32 Å². The molecule has 26 heavy (non-hydrogen) atoms. The highest BCUT2D eigenvalue weighted by molar-refractivity contribution is 7.20. The van der Waals surface area contributed by atoms with Gasteiger partial charge in [-0.1, -0.05) is 0 Å². The third-order valence-electron chi connectivity index (χ3n) is 3.83. The smallest absolute Gasteiger partial charge is 0.268 e. The number of amides is 2. The number of thiophene rings is 1. The van der Waals surface area contributed by atoms with Crippen LogP contribution < -0.4 is 19.5 Å². The number of hydrogen-bond acceptors (Lipinski definition) is 6. The average molecular weight is 371 g/mol. The Kier molecular flexibility index (Phi) is 5.09. The van der Waals surface area contributed by atoms with Gasteiger partial charge in [0, 0.05) is 4.70 Å². The molecule has 0 radical (unpaired) electrons. The predicted octanol–water partition coefficient (Wildman–Crippen LogP) is 3.50. The zero-order valence-corrected chi connectivity index (χ0v) is 15.3. The number of methoxy groups -OCH3 is 3. The van der Waals surface area contributed by atoms with Gasteiger partial charge < -0.3 is 14.2 Å². The largest absolute Gasteiger partial charge is 0.497 e. The van der Waals surface area contributed by atoms with E-state index in [1.807, 2.05) is 18.2 Å². The fourth-order valence-electron chi connectivity index (χ4n) is 2.48. The predicted molar refractivity (Wildman–Crippen MR) is 99.7 cm³/mol. The van der Waals surface area contributed by atoms with Crippen LogP contribution in [0.5, 0.6) is 17.2 Å². The highest BCUT2D eigenvalue weighted by Crippen LogP contribution is 2.29. The summed E-state index contributed by atoms with van der Waals surface area (Å²) in [6.45, 7) is 0. The summed E-state index contributed by atoms with van der Waals surface area (Å²) in [6.07, 6.45) is 0. The van der Waals surface area contributed by atoms with E-state index in [0.29, 0.717) is 22.1 Å². The van der Waals surface area contributed by atoms with Gasteiger partial charge in [0.05, 0.1) is 31.8 Å². The summed E-state index contributed by atoms with van der Waals surface area (Å²) in [7, 11) is 4.54. The molecule has 1 N–H and O–H groups in total. The quantitative estimate of drug-likeness (QED) is 0.695. The highest BCUT2D eigenvalue weighted by atomic mass is 32.1. The number of rotatable bonds is 5. The van der Waals surface area contributed by atoms with Crippen molar-refractivity contribution in [2.45, 2.75) is 0 Å². The van der Waals surface area contributed by atoms with Crippen LogP contribution in [0.2, 0.25) is 0 Å². The van der Waals surface area contributed by atoms with Gasteiger partial charge in [-0.05, 0) is 47.9 Å². The summed E-state index contributed by atoms with van der Waals surface area (Å²) in [5.41, 5.74) is 0.225. The van der Waals surface area contributed by atoms with Crippen molar-refractivity contribution < 1.29 is 23.8 Å². The number of carbonyl (C=O) groups is 2. The lowest BCUT2D eigenvalue weighted by molar-refractivity contribution is 0.0850. The number of fused-ring (bicyclic) bond motifs is 1. The van der Waals surface area contributed by atoms with E-state index in [9.17, 15) is 9.59 Å². The van der Waals surface area contributed by atoms with Crippen molar-refractivity contribution in [3.63, 3.8) is 0 Å². The summed E-state index contributed by atoms with van der Waals surface area (Å²) in [6, 6.07) is 12.1. The number of ether oxygens (including phenoxy) is 3. The minimum Gasteiger partial charge on any atom is -0.497 e. The van der Waals surface area contributed by atoms with Crippen LogP contribution in [0.4, 0.5) is 0 Å². The Morgan fingerprint density at radius 1 is 0.846 bits per heavy atom. The first-order valence-electron chi connectivity index (χ1n) is 7.71. The van der Waals surface area contributed by atoms with Gasteiger partial charge in [0.15, 0.2) is 0 Å². The fourth-order valence-corrected chi connectivity index (χ4v) is 3.42. The van der Waals surface area contributed by atoms with Crippen LogP contribution in [-0.2, 0) is 0 Å². The summed E-state index contributed by atoms with van der Waals surface area (Å²) in [5, 5.41) is 3.27. The molecule has 0 unspecified atom stereocenters. The lowest BCUT2D eigenvalue weighted by Gasteiger charge is -2.09. The maximum atomic E-state index is 12.5. The number of hydrogen-bond donors (Lipinski definition) is 1. The zero-order valence-electron chi connectivity index (χ0n) is 14.5. The Labute approximate surface area is 154 Å². The van der Waals surface area contributed by atoms with E-state index in [0.717, 1.165) is 10.1 Å². The van der Waals surface area contributed by atoms with Crippen LogP contribution in [-0.4, -0.2) is 33.1 Å². The van der Waals surface area contributed by atoms with Crippen LogP contribution >= 0.6 is 11.3 Å². The van der Waals surface area contributed by atoms with E-state index < -0.39 is 11.8 Å². The van der Waals surface area contributed by atoms with Crippen LogP contribution in [0.15, 0.2) is 42.5 Å². The molecular formula is C19H17NO5S. The van der Waals surface area contributed by atoms with E-state index >= 15 is 0 Å². The number of carbonyl (C=O) groups excluding carboxylic acids is 2. The molecule has 0 aliphatic carbocycles. The Hall–Kier alpha value is -3.06. The Morgan fingerprint density at radius 3 is 2.23 bits per heavy atom. The minimum atomic E-state index is -0.555. The molecule has 3 aromatic rings.